The van der Waals surface area contributed by atoms with Gasteiger partial charge in [-0.15, -0.1) is 11.3 Å². The van der Waals surface area contributed by atoms with E-state index in [9.17, 15) is 4.79 Å². The largest absolute Gasteiger partial charge is 0.386 e. The van der Waals surface area contributed by atoms with Gasteiger partial charge < -0.3 is 15.1 Å². The second-order valence-electron chi connectivity index (χ2n) is 7.13. The molecule has 1 saturated heterocycles. The Morgan fingerprint density at radius 1 is 1.37 bits per heavy atom. The number of piperidine rings is 1. The number of hydrogen-bond donors (Lipinski definition) is 1. The SMILES string of the molecule is Cc1cc(C)nc(N2CCCC3(CC(C(=O)NCc4cscn4)=NO3)C2)n1. The van der Waals surface area contributed by atoms with Gasteiger partial charge in [0.1, 0.15) is 5.71 Å². The molecule has 9 heteroatoms. The van der Waals surface area contributed by atoms with Gasteiger partial charge in [-0.05, 0) is 32.8 Å². The number of rotatable bonds is 4. The molecule has 1 amide bonds. The number of hydrogen-bond acceptors (Lipinski definition) is 8. The molecule has 2 aromatic heterocycles. The first-order valence-electron chi connectivity index (χ1n) is 9.01. The van der Waals surface area contributed by atoms with Crippen molar-refractivity contribution in [2.24, 2.45) is 5.16 Å². The maximum atomic E-state index is 12.4. The lowest BCUT2D eigenvalue weighted by atomic mass is 9.88. The molecule has 2 aliphatic heterocycles. The zero-order valence-corrected chi connectivity index (χ0v) is 16.3. The maximum Gasteiger partial charge on any atom is 0.269 e. The third-order valence-electron chi connectivity index (χ3n) is 4.81. The number of anilines is 1. The van der Waals surface area contributed by atoms with Crippen LogP contribution in [-0.4, -0.2) is 45.3 Å². The van der Waals surface area contributed by atoms with Crippen LogP contribution in [0.4, 0.5) is 5.95 Å². The number of aromatic nitrogens is 3. The summed E-state index contributed by atoms with van der Waals surface area (Å²) in [4.78, 5) is 33.6. The van der Waals surface area contributed by atoms with Gasteiger partial charge >= 0.3 is 0 Å². The van der Waals surface area contributed by atoms with Gasteiger partial charge in [-0.3, -0.25) is 4.79 Å². The minimum atomic E-state index is -0.480. The summed E-state index contributed by atoms with van der Waals surface area (Å²) in [6.07, 6.45) is 2.30. The molecule has 1 atom stereocenters. The molecular weight excluding hydrogens is 364 g/mol. The van der Waals surface area contributed by atoms with Gasteiger partial charge in [0.2, 0.25) is 5.95 Å². The monoisotopic (exact) mass is 386 g/mol. The predicted octanol–water partition coefficient (Wildman–Crippen LogP) is 1.98. The van der Waals surface area contributed by atoms with E-state index < -0.39 is 5.60 Å². The summed E-state index contributed by atoms with van der Waals surface area (Å²) in [5.41, 5.74) is 4.45. The van der Waals surface area contributed by atoms with Gasteiger partial charge in [0, 0.05) is 29.7 Å². The van der Waals surface area contributed by atoms with Gasteiger partial charge in [0.05, 0.1) is 24.3 Å². The first kappa shape index (κ1) is 17.8. The van der Waals surface area contributed by atoms with Crippen LogP contribution in [-0.2, 0) is 16.2 Å². The topological polar surface area (TPSA) is 92.6 Å². The number of nitrogens with zero attached hydrogens (tertiary/aromatic N) is 5. The van der Waals surface area contributed by atoms with Crippen molar-refractivity contribution in [3.8, 4) is 0 Å². The Morgan fingerprint density at radius 2 is 2.19 bits per heavy atom. The zero-order valence-electron chi connectivity index (χ0n) is 15.4. The molecule has 0 saturated carbocycles. The lowest BCUT2D eigenvalue weighted by Crippen LogP contribution is -2.49. The van der Waals surface area contributed by atoms with Crippen molar-refractivity contribution in [3.63, 3.8) is 0 Å². The lowest BCUT2D eigenvalue weighted by Gasteiger charge is -2.38. The van der Waals surface area contributed by atoms with Gasteiger partial charge in [0.25, 0.3) is 5.91 Å². The molecule has 27 heavy (non-hydrogen) atoms. The van der Waals surface area contributed by atoms with Gasteiger partial charge in [-0.25, -0.2) is 15.0 Å². The molecule has 1 unspecified atom stereocenters. The Hall–Kier alpha value is -2.55. The van der Waals surface area contributed by atoms with E-state index in [1.54, 1.807) is 5.51 Å². The summed E-state index contributed by atoms with van der Waals surface area (Å²) in [5.74, 6) is 0.524. The summed E-state index contributed by atoms with van der Waals surface area (Å²) in [5, 5.41) is 8.87. The highest BCUT2D eigenvalue weighted by atomic mass is 32.1. The van der Waals surface area contributed by atoms with Crippen molar-refractivity contribution in [2.45, 2.75) is 45.3 Å². The molecule has 2 aromatic rings. The third kappa shape index (κ3) is 3.92. The molecule has 1 fully saturated rings. The van der Waals surface area contributed by atoms with Crippen molar-refractivity contribution in [1.29, 1.82) is 0 Å². The van der Waals surface area contributed by atoms with Crippen LogP contribution in [0.15, 0.2) is 22.1 Å². The van der Waals surface area contributed by atoms with Crippen LogP contribution in [0, 0.1) is 13.8 Å². The Kier molecular flexibility index (Phi) is 4.77. The minimum Gasteiger partial charge on any atom is -0.386 e. The normalized spacial score (nSPS) is 21.9. The third-order valence-corrected chi connectivity index (χ3v) is 5.44. The first-order chi connectivity index (χ1) is 13.0. The van der Waals surface area contributed by atoms with E-state index in [4.69, 9.17) is 4.84 Å². The molecular formula is C18H22N6O2S. The second-order valence-corrected chi connectivity index (χ2v) is 7.85. The van der Waals surface area contributed by atoms with E-state index in [0.29, 0.717) is 25.2 Å². The van der Waals surface area contributed by atoms with Crippen LogP contribution in [0.3, 0.4) is 0 Å². The number of oxime groups is 1. The lowest BCUT2D eigenvalue weighted by molar-refractivity contribution is -0.115. The molecule has 2 aliphatic rings. The number of carbonyl (C=O) groups excluding carboxylic acids is 1. The Balaban J connectivity index is 1.40. The number of nitrogens with one attached hydrogen (secondary N) is 1. The predicted molar refractivity (Wildman–Crippen MR) is 103 cm³/mol. The summed E-state index contributed by atoms with van der Waals surface area (Å²) in [6.45, 7) is 5.84. The molecule has 0 aliphatic carbocycles. The van der Waals surface area contributed by atoms with E-state index in [2.05, 4.69) is 30.3 Å². The molecule has 4 rings (SSSR count). The molecule has 8 nitrogen and oxygen atoms in total. The van der Waals surface area contributed by atoms with Crippen LogP contribution >= 0.6 is 11.3 Å². The average molecular weight is 386 g/mol. The molecule has 1 N–H and O–H groups in total. The summed E-state index contributed by atoms with van der Waals surface area (Å²) < 4.78 is 0. The smallest absolute Gasteiger partial charge is 0.269 e. The van der Waals surface area contributed by atoms with Crippen LogP contribution < -0.4 is 10.2 Å². The highest BCUT2D eigenvalue weighted by Gasteiger charge is 2.45. The fourth-order valence-corrected chi connectivity index (χ4v) is 4.14. The Morgan fingerprint density at radius 3 is 2.93 bits per heavy atom. The zero-order chi connectivity index (χ0) is 18.9. The average Bonchev–Trinajstić information content (AvgIpc) is 3.29. The summed E-state index contributed by atoms with van der Waals surface area (Å²) in [7, 11) is 0. The van der Waals surface area contributed by atoms with Gasteiger partial charge in [0.15, 0.2) is 5.60 Å². The van der Waals surface area contributed by atoms with E-state index in [0.717, 1.165) is 42.4 Å². The fraction of sp³-hybridized carbons (Fsp3) is 0.500. The van der Waals surface area contributed by atoms with E-state index in [1.807, 2.05) is 25.3 Å². The quantitative estimate of drug-likeness (QED) is 0.864. The van der Waals surface area contributed by atoms with Crippen LogP contribution in [0.5, 0.6) is 0 Å². The van der Waals surface area contributed by atoms with E-state index >= 15 is 0 Å². The highest BCUT2D eigenvalue weighted by molar-refractivity contribution is 7.07. The van der Waals surface area contributed by atoms with E-state index in [-0.39, 0.29) is 5.91 Å². The molecule has 1 spiro atoms. The van der Waals surface area contributed by atoms with Crippen LogP contribution in [0.25, 0.3) is 0 Å². The Bertz CT molecular complexity index is 848. The number of aryl methyl sites for hydroxylation is 2. The summed E-state index contributed by atoms with van der Waals surface area (Å²) in [6, 6.07) is 1.96. The first-order valence-corrected chi connectivity index (χ1v) is 9.95. The fourth-order valence-electron chi connectivity index (χ4n) is 3.58. The molecule has 142 valence electrons. The molecule has 0 radical (unpaired) electrons. The number of thiazole rings is 1. The standard InChI is InChI=1S/C18H22N6O2S/c1-12-6-13(2)22-17(21-12)24-5-3-4-18(10-24)7-15(23-26-18)16(25)19-8-14-9-27-11-20-14/h6,9,11H,3-5,7-8,10H2,1-2H3,(H,19,25). The Labute approximate surface area is 161 Å². The van der Waals surface area contributed by atoms with Gasteiger partial charge in [-0.2, -0.15) is 0 Å². The molecule has 4 heterocycles. The summed E-state index contributed by atoms with van der Waals surface area (Å²) >= 11 is 1.51. The minimum absolute atomic E-state index is 0.195. The molecule has 0 aromatic carbocycles. The van der Waals surface area contributed by atoms with Crippen LogP contribution in [0.1, 0.15) is 36.3 Å². The second kappa shape index (κ2) is 7.22. The van der Waals surface area contributed by atoms with Crippen molar-refractivity contribution in [1.82, 2.24) is 20.3 Å². The molecule has 0 bridgehead atoms. The highest BCUT2D eigenvalue weighted by Crippen LogP contribution is 2.34. The maximum absolute atomic E-state index is 12.4. The number of amides is 1. The van der Waals surface area contributed by atoms with E-state index in [1.165, 1.54) is 11.3 Å². The van der Waals surface area contributed by atoms with Crippen LogP contribution in [0.2, 0.25) is 0 Å². The van der Waals surface area contributed by atoms with Crippen molar-refractivity contribution >= 4 is 28.9 Å². The van der Waals surface area contributed by atoms with Crippen molar-refractivity contribution in [3.05, 3.63) is 34.0 Å². The van der Waals surface area contributed by atoms with Gasteiger partial charge in [-0.1, -0.05) is 5.16 Å². The van der Waals surface area contributed by atoms with Crippen molar-refractivity contribution < 1.29 is 9.63 Å². The number of carbonyl (C=O) groups is 1. The van der Waals surface area contributed by atoms with Crippen molar-refractivity contribution in [2.75, 3.05) is 18.0 Å².